The molecule has 0 amide bonds. The van der Waals surface area contributed by atoms with Crippen molar-refractivity contribution < 1.29 is 14.6 Å². The molecule has 6 heteroatoms. The summed E-state index contributed by atoms with van der Waals surface area (Å²) < 4.78 is 4.45. The predicted octanol–water partition coefficient (Wildman–Crippen LogP) is 0.415. The Hall–Kier alpha value is -2.37. The molecule has 82 valence electrons. The minimum absolute atomic E-state index is 0.208. The van der Waals surface area contributed by atoms with Gasteiger partial charge in [0, 0.05) is 17.8 Å². The van der Waals surface area contributed by atoms with Gasteiger partial charge in [0.1, 0.15) is 0 Å². The molecule has 0 bridgehead atoms. The number of nitrogens with zero attached hydrogens (tertiary/aromatic N) is 1. The Labute approximate surface area is 89.5 Å². The number of fused-ring (bicyclic) bond motifs is 1. The van der Waals surface area contributed by atoms with Gasteiger partial charge in [-0.2, -0.15) is 0 Å². The summed E-state index contributed by atoms with van der Waals surface area (Å²) in [7, 11) is 1.19. The largest absolute Gasteiger partial charge is 0.505 e. The monoisotopic (exact) mass is 220 g/mol. The smallest absolute Gasteiger partial charge is 0.360 e. The van der Waals surface area contributed by atoms with Crippen molar-refractivity contribution in [2.75, 3.05) is 7.11 Å². The van der Waals surface area contributed by atoms with Crippen LogP contribution < -0.4 is 5.56 Å². The number of pyridine rings is 2. The zero-order valence-corrected chi connectivity index (χ0v) is 8.35. The molecule has 0 aliphatic rings. The maximum absolute atomic E-state index is 11.4. The van der Waals surface area contributed by atoms with Gasteiger partial charge in [0.2, 0.25) is 0 Å². The molecule has 0 saturated carbocycles. The number of aromatic hydroxyl groups is 1. The fourth-order valence-corrected chi connectivity index (χ4v) is 1.39. The van der Waals surface area contributed by atoms with Crippen LogP contribution in [0.25, 0.3) is 10.8 Å². The molecule has 0 radical (unpaired) electrons. The van der Waals surface area contributed by atoms with E-state index in [-0.39, 0.29) is 27.8 Å². The van der Waals surface area contributed by atoms with Crippen LogP contribution in [0.15, 0.2) is 23.3 Å². The van der Waals surface area contributed by atoms with Gasteiger partial charge in [-0.05, 0) is 6.07 Å². The second-order valence-electron chi connectivity index (χ2n) is 3.08. The number of ether oxygens (including phenoxy) is 1. The van der Waals surface area contributed by atoms with E-state index < -0.39 is 5.97 Å². The fraction of sp³-hybridized carbons (Fsp3) is 0.100. The molecule has 0 fully saturated rings. The Morgan fingerprint density at radius 2 is 2.25 bits per heavy atom. The molecule has 0 spiro atoms. The molecule has 2 aromatic heterocycles. The highest BCUT2D eigenvalue weighted by atomic mass is 16.5. The average Bonchev–Trinajstić information content (AvgIpc) is 2.30. The minimum atomic E-state index is -0.750. The Morgan fingerprint density at radius 1 is 1.50 bits per heavy atom. The molecule has 2 rings (SSSR count). The van der Waals surface area contributed by atoms with Crippen molar-refractivity contribution in [2.45, 2.75) is 0 Å². The van der Waals surface area contributed by atoms with Gasteiger partial charge in [0.15, 0.2) is 11.4 Å². The number of esters is 1. The highest BCUT2D eigenvalue weighted by Crippen LogP contribution is 2.24. The Bertz CT molecular complexity index is 618. The van der Waals surface area contributed by atoms with Crippen molar-refractivity contribution in [1.29, 1.82) is 0 Å². The highest BCUT2D eigenvalue weighted by Gasteiger charge is 2.16. The lowest BCUT2D eigenvalue weighted by molar-refractivity contribution is 0.0591. The van der Waals surface area contributed by atoms with Crippen LogP contribution in [0.3, 0.4) is 0 Å². The first-order valence-corrected chi connectivity index (χ1v) is 4.43. The van der Waals surface area contributed by atoms with Crippen LogP contribution in [0.4, 0.5) is 0 Å². The van der Waals surface area contributed by atoms with Gasteiger partial charge in [-0.15, -0.1) is 0 Å². The summed E-state index contributed by atoms with van der Waals surface area (Å²) in [4.78, 5) is 28.7. The van der Waals surface area contributed by atoms with Gasteiger partial charge in [0.05, 0.1) is 12.5 Å². The minimum Gasteiger partial charge on any atom is -0.505 e. The van der Waals surface area contributed by atoms with Crippen LogP contribution in [-0.2, 0) is 4.74 Å². The number of aromatic amines is 1. The third kappa shape index (κ3) is 1.40. The summed E-state index contributed by atoms with van der Waals surface area (Å²) in [5.74, 6) is -1.10. The molecule has 0 saturated heterocycles. The molecule has 0 aliphatic heterocycles. The number of rotatable bonds is 1. The van der Waals surface area contributed by atoms with Crippen molar-refractivity contribution in [3.8, 4) is 5.75 Å². The zero-order valence-electron chi connectivity index (χ0n) is 8.35. The van der Waals surface area contributed by atoms with E-state index >= 15 is 0 Å². The number of hydrogen-bond acceptors (Lipinski definition) is 5. The van der Waals surface area contributed by atoms with Gasteiger partial charge in [-0.25, -0.2) is 9.78 Å². The van der Waals surface area contributed by atoms with Crippen molar-refractivity contribution in [3.63, 3.8) is 0 Å². The summed E-state index contributed by atoms with van der Waals surface area (Å²) in [6.45, 7) is 0. The molecule has 6 nitrogen and oxygen atoms in total. The lowest BCUT2D eigenvalue weighted by Gasteiger charge is -2.04. The summed E-state index contributed by atoms with van der Waals surface area (Å²) in [5.41, 5.74) is -0.586. The number of hydrogen-bond donors (Lipinski definition) is 2. The standard InChI is InChI=1S/C10H8N2O4/c1-16-10(15)7-8(13)5-2-3-11-9(14)6(5)4-12-7/h2-4,13H,1H3,(H,11,14). The summed E-state index contributed by atoms with van der Waals surface area (Å²) in [6, 6.07) is 1.49. The maximum Gasteiger partial charge on any atom is 0.360 e. The third-order valence-corrected chi connectivity index (χ3v) is 2.18. The van der Waals surface area contributed by atoms with Crippen LogP contribution in [0.1, 0.15) is 10.5 Å². The maximum atomic E-state index is 11.4. The van der Waals surface area contributed by atoms with Crippen LogP contribution in [0.2, 0.25) is 0 Å². The predicted molar refractivity (Wildman–Crippen MR) is 55.4 cm³/mol. The van der Waals surface area contributed by atoms with Gasteiger partial charge < -0.3 is 14.8 Å². The molecular formula is C10H8N2O4. The van der Waals surface area contributed by atoms with Crippen LogP contribution in [0, 0.1) is 0 Å². The third-order valence-electron chi connectivity index (χ3n) is 2.18. The Morgan fingerprint density at radius 3 is 2.94 bits per heavy atom. The van der Waals surface area contributed by atoms with Crippen LogP contribution in [-0.4, -0.2) is 28.2 Å². The van der Waals surface area contributed by atoms with E-state index in [1.165, 1.54) is 25.6 Å². The molecule has 0 aromatic carbocycles. The second kappa shape index (κ2) is 3.65. The molecule has 0 atom stereocenters. The fourth-order valence-electron chi connectivity index (χ4n) is 1.39. The molecule has 2 heterocycles. The van der Waals surface area contributed by atoms with Crippen molar-refractivity contribution in [3.05, 3.63) is 34.5 Å². The lowest BCUT2D eigenvalue weighted by atomic mass is 10.2. The van der Waals surface area contributed by atoms with E-state index in [1.54, 1.807) is 0 Å². The normalized spacial score (nSPS) is 10.3. The van der Waals surface area contributed by atoms with Gasteiger partial charge >= 0.3 is 5.97 Å². The zero-order chi connectivity index (χ0) is 11.7. The molecule has 0 unspecified atom stereocenters. The number of carbonyl (C=O) groups excluding carboxylic acids is 1. The molecular weight excluding hydrogens is 212 g/mol. The van der Waals surface area contributed by atoms with Gasteiger partial charge in [-0.1, -0.05) is 0 Å². The van der Waals surface area contributed by atoms with E-state index in [1.807, 2.05) is 0 Å². The van der Waals surface area contributed by atoms with E-state index in [2.05, 4.69) is 14.7 Å². The summed E-state index contributed by atoms with van der Waals surface area (Å²) in [5, 5.41) is 10.2. The van der Waals surface area contributed by atoms with E-state index in [9.17, 15) is 14.7 Å². The van der Waals surface area contributed by atoms with Crippen LogP contribution in [0.5, 0.6) is 5.75 Å². The molecule has 16 heavy (non-hydrogen) atoms. The van der Waals surface area contributed by atoms with E-state index in [0.29, 0.717) is 0 Å². The lowest BCUT2D eigenvalue weighted by Crippen LogP contribution is -2.09. The number of carbonyl (C=O) groups is 1. The van der Waals surface area contributed by atoms with Crippen molar-refractivity contribution in [1.82, 2.24) is 9.97 Å². The Kier molecular flexibility index (Phi) is 2.32. The molecule has 2 N–H and O–H groups in total. The number of H-pyrrole nitrogens is 1. The number of nitrogens with one attached hydrogen (secondary N) is 1. The summed E-state index contributed by atoms with van der Waals surface area (Å²) in [6.07, 6.45) is 2.60. The Balaban J connectivity index is 2.80. The second-order valence-corrected chi connectivity index (χ2v) is 3.08. The highest BCUT2D eigenvalue weighted by molar-refractivity contribution is 5.98. The SMILES string of the molecule is COC(=O)c1ncc2c(=O)[nH]ccc2c1O. The first-order chi connectivity index (χ1) is 7.65. The van der Waals surface area contributed by atoms with E-state index in [0.717, 1.165) is 0 Å². The number of methoxy groups -OCH3 is 1. The average molecular weight is 220 g/mol. The van der Waals surface area contributed by atoms with Gasteiger partial charge in [0.25, 0.3) is 5.56 Å². The molecule has 0 aliphatic carbocycles. The first-order valence-electron chi connectivity index (χ1n) is 4.43. The summed E-state index contributed by atoms with van der Waals surface area (Å²) >= 11 is 0. The van der Waals surface area contributed by atoms with Crippen molar-refractivity contribution in [2.24, 2.45) is 0 Å². The van der Waals surface area contributed by atoms with Gasteiger partial charge in [-0.3, -0.25) is 4.79 Å². The number of aromatic nitrogens is 2. The molecule has 2 aromatic rings. The first kappa shape index (κ1) is 10.2. The quantitative estimate of drug-likeness (QED) is 0.679. The van der Waals surface area contributed by atoms with E-state index in [4.69, 9.17) is 0 Å². The van der Waals surface area contributed by atoms with Crippen molar-refractivity contribution >= 4 is 16.7 Å². The van der Waals surface area contributed by atoms with Crippen LogP contribution >= 0.6 is 0 Å². The topological polar surface area (TPSA) is 92.3 Å².